The van der Waals surface area contributed by atoms with Gasteiger partial charge in [0.15, 0.2) is 0 Å². The van der Waals surface area contributed by atoms with Gasteiger partial charge in [-0.1, -0.05) is 18.5 Å². The fourth-order valence-corrected chi connectivity index (χ4v) is 4.27. The van der Waals surface area contributed by atoms with E-state index >= 15 is 0 Å². The number of nitrogens with one attached hydrogen (secondary N) is 2. The van der Waals surface area contributed by atoms with Gasteiger partial charge in [0.05, 0.1) is 4.90 Å². The van der Waals surface area contributed by atoms with Crippen molar-refractivity contribution >= 4 is 21.6 Å². The van der Waals surface area contributed by atoms with Crippen LogP contribution in [0.4, 0.5) is 0 Å². The third kappa shape index (κ3) is 4.19. The summed E-state index contributed by atoms with van der Waals surface area (Å²) >= 11 is 6.07. The van der Waals surface area contributed by atoms with Crippen LogP contribution in [0.25, 0.3) is 0 Å². The van der Waals surface area contributed by atoms with E-state index in [4.69, 9.17) is 11.6 Å². The van der Waals surface area contributed by atoms with Crippen LogP contribution < -0.4 is 10.0 Å². The second kappa shape index (κ2) is 6.65. The summed E-state index contributed by atoms with van der Waals surface area (Å²) in [5, 5.41) is 3.48. The Morgan fingerprint density at radius 1 is 1.38 bits per heavy atom. The van der Waals surface area contributed by atoms with Crippen molar-refractivity contribution in [2.45, 2.75) is 38.1 Å². The molecule has 0 bridgehead atoms. The maximum atomic E-state index is 12.5. The Balaban J connectivity index is 2.21. The van der Waals surface area contributed by atoms with Gasteiger partial charge in [-0.05, 0) is 61.9 Å². The van der Waals surface area contributed by atoms with E-state index < -0.39 is 10.0 Å². The molecule has 0 aliphatic heterocycles. The molecule has 1 aromatic rings. The number of benzene rings is 1. The van der Waals surface area contributed by atoms with E-state index in [-0.39, 0.29) is 4.90 Å². The van der Waals surface area contributed by atoms with Gasteiger partial charge in [-0.3, -0.25) is 0 Å². The zero-order chi connectivity index (χ0) is 15.6. The fourth-order valence-electron chi connectivity index (χ4n) is 2.51. The van der Waals surface area contributed by atoms with Crippen LogP contribution in [-0.4, -0.2) is 22.0 Å². The average Bonchev–Trinajstić information content (AvgIpc) is 3.24. The Labute approximate surface area is 132 Å². The first-order chi connectivity index (χ1) is 9.85. The molecule has 1 aliphatic carbocycles. The number of rotatable bonds is 7. The Bertz CT molecular complexity index is 612. The molecule has 0 radical (unpaired) electrons. The number of sulfonamides is 1. The Hall–Kier alpha value is -0.620. The smallest absolute Gasteiger partial charge is 0.240 e. The van der Waals surface area contributed by atoms with Crippen LogP contribution in [0.1, 0.15) is 30.9 Å². The molecule has 2 N–H and O–H groups in total. The van der Waals surface area contributed by atoms with Crippen LogP contribution in [0.2, 0.25) is 5.02 Å². The van der Waals surface area contributed by atoms with Crippen molar-refractivity contribution < 1.29 is 8.42 Å². The van der Waals surface area contributed by atoms with E-state index in [1.54, 1.807) is 6.07 Å². The van der Waals surface area contributed by atoms with Crippen LogP contribution in [0.5, 0.6) is 0 Å². The molecule has 2 rings (SSSR count). The third-order valence-electron chi connectivity index (χ3n) is 4.11. The molecule has 0 heterocycles. The molecule has 0 amide bonds. The van der Waals surface area contributed by atoms with Crippen molar-refractivity contribution in [2.75, 3.05) is 13.6 Å². The number of hydrogen-bond acceptors (Lipinski definition) is 3. The van der Waals surface area contributed by atoms with E-state index in [0.29, 0.717) is 29.9 Å². The molecule has 1 atom stereocenters. The zero-order valence-electron chi connectivity index (χ0n) is 12.7. The van der Waals surface area contributed by atoms with Gasteiger partial charge in [-0.2, -0.15) is 0 Å². The van der Waals surface area contributed by atoms with Gasteiger partial charge in [-0.25, -0.2) is 13.1 Å². The van der Waals surface area contributed by atoms with E-state index in [9.17, 15) is 8.42 Å². The van der Waals surface area contributed by atoms with Gasteiger partial charge in [0.25, 0.3) is 0 Å². The summed E-state index contributed by atoms with van der Waals surface area (Å²) in [6, 6.07) is 3.33. The fraction of sp³-hybridized carbons (Fsp3) is 0.600. The largest absolute Gasteiger partial charge is 0.316 e. The lowest BCUT2D eigenvalue weighted by Gasteiger charge is -2.15. The Morgan fingerprint density at radius 3 is 2.62 bits per heavy atom. The van der Waals surface area contributed by atoms with Gasteiger partial charge in [0.2, 0.25) is 10.0 Å². The lowest BCUT2D eigenvalue weighted by molar-refractivity contribution is 0.491. The molecular weight excluding hydrogens is 308 g/mol. The van der Waals surface area contributed by atoms with E-state index in [1.807, 2.05) is 14.0 Å². The third-order valence-corrected chi connectivity index (χ3v) is 5.88. The number of halogens is 1. The summed E-state index contributed by atoms with van der Waals surface area (Å²) in [4.78, 5) is 0.281. The summed E-state index contributed by atoms with van der Waals surface area (Å²) in [7, 11) is -1.69. The maximum absolute atomic E-state index is 12.5. The first-order valence-corrected chi connectivity index (χ1v) is 9.14. The van der Waals surface area contributed by atoms with Gasteiger partial charge >= 0.3 is 0 Å². The van der Waals surface area contributed by atoms with E-state index in [0.717, 1.165) is 11.1 Å². The highest BCUT2D eigenvalue weighted by Crippen LogP contribution is 2.36. The molecule has 1 aromatic carbocycles. The van der Waals surface area contributed by atoms with E-state index in [2.05, 4.69) is 17.0 Å². The van der Waals surface area contributed by atoms with Crippen LogP contribution in [0.15, 0.2) is 17.0 Å². The highest BCUT2D eigenvalue weighted by atomic mass is 35.5. The highest BCUT2D eigenvalue weighted by Gasteiger charge is 2.29. The van der Waals surface area contributed by atoms with Crippen molar-refractivity contribution in [3.05, 3.63) is 28.3 Å². The molecule has 4 nitrogen and oxygen atoms in total. The normalized spacial score (nSPS) is 17.0. The Morgan fingerprint density at radius 2 is 2.05 bits per heavy atom. The van der Waals surface area contributed by atoms with Crippen molar-refractivity contribution in [3.8, 4) is 0 Å². The second-order valence-corrected chi connectivity index (χ2v) is 8.06. The molecule has 1 saturated carbocycles. The minimum Gasteiger partial charge on any atom is -0.316 e. The standard InChI is InChI=1S/C15H23ClN2O2S/c1-10(12-4-5-12)8-18-21(19,20)15-7-14(16)6-13(9-17-3)11(15)2/h6-7,10,12,17-18H,4-5,8-9H2,1-3H3. The van der Waals surface area contributed by atoms with Gasteiger partial charge in [-0.15, -0.1) is 0 Å². The predicted molar refractivity (Wildman–Crippen MR) is 86.0 cm³/mol. The van der Waals surface area contributed by atoms with Crippen molar-refractivity contribution in [2.24, 2.45) is 11.8 Å². The minimum atomic E-state index is -3.52. The lowest BCUT2D eigenvalue weighted by atomic mass is 10.1. The highest BCUT2D eigenvalue weighted by molar-refractivity contribution is 7.89. The zero-order valence-corrected chi connectivity index (χ0v) is 14.3. The molecule has 0 aromatic heterocycles. The molecule has 1 fully saturated rings. The van der Waals surface area contributed by atoms with Crippen LogP contribution in [0, 0.1) is 18.8 Å². The minimum absolute atomic E-state index is 0.281. The van der Waals surface area contributed by atoms with Gasteiger partial charge in [0, 0.05) is 18.1 Å². The molecule has 0 saturated heterocycles. The van der Waals surface area contributed by atoms with Gasteiger partial charge < -0.3 is 5.32 Å². The SMILES string of the molecule is CNCc1cc(Cl)cc(S(=O)(=O)NCC(C)C2CC2)c1C. The van der Waals surface area contributed by atoms with Crippen LogP contribution in [-0.2, 0) is 16.6 Å². The topological polar surface area (TPSA) is 58.2 Å². The number of hydrogen-bond donors (Lipinski definition) is 2. The molecular formula is C15H23ClN2O2S. The van der Waals surface area contributed by atoms with Gasteiger partial charge in [0.1, 0.15) is 0 Å². The summed E-state index contributed by atoms with van der Waals surface area (Å²) in [6.07, 6.45) is 2.43. The molecule has 0 spiro atoms. The van der Waals surface area contributed by atoms with Crippen molar-refractivity contribution in [1.82, 2.24) is 10.0 Å². The first kappa shape index (κ1) is 16.7. The molecule has 21 heavy (non-hydrogen) atoms. The summed E-state index contributed by atoms with van der Waals surface area (Å²) < 4.78 is 27.8. The van der Waals surface area contributed by atoms with E-state index in [1.165, 1.54) is 18.9 Å². The quantitative estimate of drug-likeness (QED) is 0.808. The first-order valence-electron chi connectivity index (χ1n) is 7.28. The summed E-state index contributed by atoms with van der Waals surface area (Å²) in [5.74, 6) is 1.06. The van der Waals surface area contributed by atoms with Crippen LogP contribution in [0.3, 0.4) is 0 Å². The summed E-state index contributed by atoms with van der Waals surface area (Å²) in [5.41, 5.74) is 1.65. The molecule has 1 unspecified atom stereocenters. The molecule has 118 valence electrons. The summed E-state index contributed by atoms with van der Waals surface area (Å²) in [6.45, 7) is 4.99. The second-order valence-electron chi connectivity index (χ2n) is 5.88. The Kier molecular flexibility index (Phi) is 5.30. The average molecular weight is 331 g/mol. The van der Waals surface area contributed by atoms with Crippen molar-refractivity contribution in [3.63, 3.8) is 0 Å². The van der Waals surface area contributed by atoms with Crippen LogP contribution >= 0.6 is 11.6 Å². The molecule has 1 aliphatic rings. The van der Waals surface area contributed by atoms with Crippen molar-refractivity contribution in [1.29, 1.82) is 0 Å². The molecule has 6 heteroatoms. The predicted octanol–water partition coefficient (Wildman–Crippen LogP) is 2.69. The lowest BCUT2D eigenvalue weighted by Crippen LogP contribution is -2.30. The monoisotopic (exact) mass is 330 g/mol. The maximum Gasteiger partial charge on any atom is 0.240 e.